The minimum Gasteiger partial charge on any atom is -0.380 e. The second-order valence-electron chi connectivity index (χ2n) is 6.29. The van der Waals surface area contributed by atoms with Crippen LogP contribution in [0.2, 0.25) is 0 Å². The molecule has 2 aliphatic rings. The van der Waals surface area contributed by atoms with Gasteiger partial charge in [-0.25, -0.2) is 0 Å². The zero-order valence-electron chi connectivity index (χ0n) is 12.7. The number of methoxy groups -OCH3 is 1. The van der Waals surface area contributed by atoms with Crippen molar-refractivity contribution in [2.24, 2.45) is 5.92 Å². The second kappa shape index (κ2) is 6.58. The maximum atomic E-state index is 12.3. The van der Waals surface area contributed by atoms with E-state index in [-0.39, 0.29) is 5.91 Å². The molecule has 114 valence electrons. The van der Waals surface area contributed by atoms with E-state index in [1.54, 1.807) is 7.11 Å². The molecule has 0 radical (unpaired) electrons. The van der Waals surface area contributed by atoms with Crippen LogP contribution in [0.15, 0.2) is 24.3 Å². The van der Waals surface area contributed by atoms with E-state index >= 15 is 0 Å². The van der Waals surface area contributed by atoms with Crippen LogP contribution in [0.25, 0.3) is 0 Å². The number of carbonyl (C=O) groups is 1. The predicted octanol–water partition coefficient (Wildman–Crippen LogP) is 2.05. The molecule has 0 aromatic heterocycles. The number of carbonyl (C=O) groups excluding carboxylic acids is 1. The van der Waals surface area contributed by atoms with E-state index in [1.165, 1.54) is 19.4 Å². The van der Waals surface area contributed by atoms with Gasteiger partial charge in [-0.2, -0.15) is 0 Å². The average Bonchev–Trinajstić information content (AvgIpc) is 3.19. The molecule has 2 fully saturated rings. The van der Waals surface area contributed by atoms with Crippen molar-refractivity contribution in [1.82, 2.24) is 10.2 Å². The van der Waals surface area contributed by atoms with Gasteiger partial charge in [-0.05, 0) is 42.9 Å². The number of ether oxygens (including phenoxy) is 1. The van der Waals surface area contributed by atoms with Crippen molar-refractivity contribution in [1.29, 1.82) is 0 Å². The number of likely N-dealkylation sites (tertiary alicyclic amines) is 1. The Hall–Kier alpha value is -1.39. The van der Waals surface area contributed by atoms with Crippen LogP contribution in [-0.2, 0) is 11.3 Å². The molecule has 1 amide bonds. The molecule has 1 aliphatic carbocycles. The Morgan fingerprint density at radius 1 is 1.29 bits per heavy atom. The molecule has 1 aromatic carbocycles. The Morgan fingerprint density at radius 2 is 2.05 bits per heavy atom. The Balaban J connectivity index is 1.49. The first-order valence-electron chi connectivity index (χ1n) is 7.85. The summed E-state index contributed by atoms with van der Waals surface area (Å²) in [5.41, 5.74) is 1.82. The third-order valence-electron chi connectivity index (χ3n) is 4.35. The molecule has 1 saturated carbocycles. The summed E-state index contributed by atoms with van der Waals surface area (Å²) < 4.78 is 5.08. The maximum absolute atomic E-state index is 12.3. The number of hydrogen-bond donors (Lipinski definition) is 1. The first-order chi connectivity index (χ1) is 10.2. The fraction of sp³-hybridized carbons (Fsp3) is 0.588. The normalized spacial score (nSPS) is 22.4. The summed E-state index contributed by atoms with van der Waals surface area (Å²) in [6, 6.07) is 7.95. The number of nitrogens with one attached hydrogen (secondary N) is 1. The molecule has 4 heteroatoms. The van der Waals surface area contributed by atoms with Gasteiger partial charge in [0, 0.05) is 38.3 Å². The summed E-state index contributed by atoms with van der Waals surface area (Å²) in [6.07, 6.45) is 3.85. The zero-order valence-corrected chi connectivity index (χ0v) is 12.7. The fourth-order valence-electron chi connectivity index (χ4n) is 2.97. The van der Waals surface area contributed by atoms with E-state index in [1.807, 2.05) is 24.3 Å². The van der Waals surface area contributed by atoms with Crippen LogP contribution in [0, 0.1) is 5.92 Å². The molecule has 0 unspecified atom stereocenters. The lowest BCUT2D eigenvalue weighted by molar-refractivity contribution is 0.0937. The smallest absolute Gasteiger partial charge is 0.251 e. The third-order valence-corrected chi connectivity index (χ3v) is 4.35. The van der Waals surface area contributed by atoms with Gasteiger partial charge >= 0.3 is 0 Å². The van der Waals surface area contributed by atoms with Crippen LogP contribution in [-0.4, -0.2) is 43.6 Å². The molecule has 1 aliphatic heterocycles. The molecular weight excluding hydrogens is 264 g/mol. The van der Waals surface area contributed by atoms with Crippen molar-refractivity contribution >= 4 is 5.91 Å². The summed E-state index contributed by atoms with van der Waals surface area (Å²) in [4.78, 5) is 14.7. The summed E-state index contributed by atoms with van der Waals surface area (Å²) in [7, 11) is 1.67. The lowest BCUT2D eigenvalue weighted by Gasteiger charge is -2.16. The quantitative estimate of drug-likeness (QED) is 0.871. The Kier molecular flexibility index (Phi) is 4.56. The average molecular weight is 288 g/mol. The SMILES string of the molecule is COCc1ccc(C(=O)N[C@H]2CCN(CC3CC3)C2)cc1. The Bertz CT molecular complexity index is 482. The van der Waals surface area contributed by atoms with Gasteiger partial charge in [-0.1, -0.05) is 12.1 Å². The Labute approximate surface area is 126 Å². The second-order valence-corrected chi connectivity index (χ2v) is 6.29. The highest BCUT2D eigenvalue weighted by Crippen LogP contribution is 2.30. The van der Waals surface area contributed by atoms with Crippen molar-refractivity contribution in [2.45, 2.75) is 31.9 Å². The van der Waals surface area contributed by atoms with Crippen LogP contribution in [0.1, 0.15) is 35.2 Å². The van der Waals surface area contributed by atoms with Crippen LogP contribution < -0.4 is 5.32 Å². The summed E-state index contributed by atoms with van der Waals surface area (Å²) in [5.74, 6) is 0.963. The van der Waals surface area contributed by atoms with E-state index < -0.39 is 0 Å². The van der Waals surface area contributed by atoms with Gasteiger partial charge in [-0.3, -0.25) is 4.79 Å². The minimum absolute atomic E-state index is 0.0391. The van der Waals surface area contributed by atoms with E-state index in [0.717, 1.165) is 36.6 Å². The van der Waals surface area contributed by atoms with Gasteiger partial charge in [0.15, 0.2) is 0 Å². The van der Waals surface area contributed by atoms with Crippen molar-refractivity contribution in [2.75, 3.05) is 26.7 Å². The summed E-state index contributed by atoms with van der Waals surface area (Å²) in [5, 5.41) is 3.16. The van der Waals surface area contributed by atoms with Gasteiger partial charge < -0.3 is 15.0 Å². The van der Waals surface area contributed by atoms with Crippen molar-refractivity contribution < 1.29 is 9.53 Å². The number of hydrogen-bond acceptors (Lipinski definition) is 3. The largest absolute Gasteiger partial charge is 0.380 e. The van der Waals surface area contributed by atoms with Crippen LogP contribution in [0.3, 0.4) is 0 Å². The standard InChI is InChI=1S/C17H24N2O2/c1-21-12-14-4-6-15(7-5-14)17(20)18-16-8-9-19(11-16)10-13-2-3-13/h4-7,13,16H,2-3,8-12H2,1H3,(H,18,20)/t16-/m0/s1. The molecule has 1 aromatic rings. The zero-order chi connectivity index (χ0) is 14.7. The van der Waals surface area contributed by atoms with E-state index in [2.05, 4.69) is 10.2 Å². The molecule has 1 N–H and O–H groups in total. The molecule has 1 saturated heterocycles. The lowest BCUT2D eigenvalue weighted by Crippen LogP contribution is -2.37. The van der Waals surface area contributed by atoms with Gasteiger partial charge in [0.1, 0.15) is 0 Å². The molecule has 0 bridgehead atoms. The van der Waals surface area contributed by atoms with Crippen LogP contribution >= 0.6 is 0 Å². The highest BCUT2D eigenvalue weighted by atomic mass is 16.5. The molecule has 1 atom stereocenters. The van der Waals surface area contributed by atoms with E-state index in [0.29, 0.717) is 12.6 Å². The number of amides is 1. The fourth-order valence-corrected chi connectivity index (χ4v) is 2.97. The summed E-state index contributed by atoms with van der Waals surface area (Å²) >= 11 is 0. The topological polar surface area (TPSA) is 41.6 Å². The molecule has 3 rings (SSSR count). The van der Waals surface area contributed by atoms with Gasteiger partial charge in [0.25, 0.3) is 5.91 Å². The number of rotatable bonds is 6. The third kappa shape index (κ3) is 4.05. The number of nitrogens with zero attached hydrogens (tertiary/aromatic N) is 1. The number of benzene rings is 1. The monoisotopic (exact) mass is 288 g/mol. The maximum Gasteiger partial charge on any atom is 0.251 e. The molecule has 1 heterocycles. The summed E-state index contributed by atoms with van der Waals surface area (Å²) in [6.45, 7) is 3.93. The van der Waals surface area contributed by atoms with Crippen molar-refractivity contribution in [3.8, 4) is 0 Å². The van der Waals surface area contributed by atoms with Crippen molar-refractivity contribution in [3.05, 3.63) is 35.4 Å². The first kappa shape index (κ1) is 14.5. The highest BCUT2D eigenvalue weighted by Gasteiger charge is 2.29. The molecule has 0 spiro atoms. The van der Waals surface area contributed by atoms with Crippen LogP contribution in [0.5, 0.6) is 0 Å². The molecular formula is C17H24N2O2. The lowest BCUT2D eigenvalue weighted by atomic mass is 10.1. The molecule has 21 heavy (non-hydrogen) atoms. The van der Waals surface area contributed by atoms with Gasteiger partial charge in [0.05, 0.1) is 6.61 Å². The van der Waals surface area contributed by atoms with Crippen LogP contribution in [0.4, 0.5) is 0 Å². The molecule has 4 nitrogen and oxygen atoms in total. The van der Waals surface area contributed by atoms with Gasteiger partial charge in [-0.15, -0.1) is 0 Å². The highest BCUT2D eigenvalue weighted by molar-refractivity contribution is 5.94. The Morgan fingerprint density at radius 3 is 2.71 bits per heavy atom. The van der Waals surface area contributed by atoms with E-state index in [4.69, 9.17) is 4.74 Å². The first-order valence-corrected chi connectivity index (χ1v) is 7.85. The minimum atomic E-state index is 0.0391. The predicted molar refractivity (Wildman–Crippen MR) is 82.2 cm³/mol. The van der Waals surface area contributed by atoms with Gasteiger partial charge in [0.2, 0.25) is 0 Å². The van der Waals surface area contributed by atoms with Crippen molar-refractivity contribution in [3.63, 3.8) is 0 Å². The van der Waals surface area contributed by atoms with E-state index in [9.17, 15) is 4.79 Å².